The van der Waals surface area contributed by atoms with Crippen LogP contribution in [0.5, 0.6) is 0 Å². The van der Waals surface area contributed by atoms with Gasteiger partial charge < -0.3 is 15.5 Å². The molecule has 0 bridgehead atoms. The molecule has 0 atom stereocenters. The van der Waals surface area contributed by atoms with Crippen molar-refractivity contribution in [2.75, 3.05) is 24.3 Å². The number of anilines is 2. The maximum absolute atomic E-state index is 13.3. The molecule has 2 aromatic heterocycles. The summed E-state index contributed by atoms with van der Waals surface area (Å²) in [6.07, 6.45) is 6.12. The van der Waals surface area contributed by atoms with Gasteiger partial charge in [0.2, 0.25) is 5.95 Å². The predicted octanol–water partition coefficient (Wildman–Crippen LogP) is 4.74. The standard InChI is InChI=1S/C26H30FN7/c1-34(2)25-22-5-3-4-6-23(22)31-26(32-25)30-21-13-11-20(12-14-21)28-15-18-16-29-33-24(18)17-7-9-19(27)10-8-17/h3-10,16,20-21,28H,11-15H2,1-2H3,(H,29,33)(H,30,31,32). The van der Waals surface area contributed by atoms with E-state index in [0.29, 0.717) is 18.0 Å². The average molecular weight is 460 g/mol. The fourth-order valence-corrected chi connectivity index (χ4v) is 4.66. The van der Waals surface area contributed by atoms with Crippen molar-refractivity contribution in [1.29, 1.82) is 0 Å². The van der Waals surface area contributed by atoms with Crippen molar-refractivity contribution in [1.82, 2.24) is 25.5 Å². The maximum Gasteiger partial charge on any atom is 0.225 e. The third-order valence-electron chi connectivity index (χ3n) is 6.50. The Morgan fingerprint density at radius 1 is 0.971 bits per heavy atom. The second-order valence-electron chi connectivity index (χ2n) is 9.13. The van der Waals surface area contributed by atoms with Crippen molar-refractivity contribution in [2.24, 2.45) is 0 Å². The van der Waals surface area contributed by atoms with Gasteiger partial charge in [-0.25, -0.2) is 9.37 Å². The smallest absolute Gasteiger partial charge is 0.225 e. The number of nitrogens with zero attached hydrogens (tertiary/aromatic N) is 4. The SMILES string of the molecule is CN(C)c1nc(NC2CCC(NCc3cn[nH]c3-c3ccc(F)cc3)CC2)nc2ccccc12. The fraction of sp³-hybridized carbons (Fsp3) is 0.346. The van der Waals surface area contributed by atoms with Crippen LogP contribution in [0.2, 0.25) is 0 Å². The van der Waals surface area contributed by atoms with Gasteiger partial charge in [0, 0.05) is 49.2 Å². The Bertz CT molecular complexity index is 1240. The number of fused-ring (bicyclic) bond motifs is 1. The maximum atomic E-state index is 13.3. The van der Waals surface area contributed by atoms with Crippen LogP contribution in [0.1, 0.15) is 31.2 Å². The van der Waals surface area contributed by atoms with Crippen molar-refractivity contribution in [2.45, 2.75) is 44.3 Å². The summed E-state index contributed by atoms with van der Waals surface area (Å²) in [4.78, 5) is 11.6. The molecule has 7 nitrogen and oxygen atoms in total. The van der Waals surface area contributed by atoms with Crippen molar-refractivity contribution < 1.29 is 4.39 Å². The molecular weight excluding hydrogens is 429 g/mol. The first-order chi connectivity index (χ1) is 16.6. The number of halogens is 1. The minimum Gasteiger partial charge on any atom is -0.362 e. The number of hydrogen-bond acceptors (Lipinski definition) is 6. The molecule has 2 aromatic carbocycles. The minimum absolute atomic E-state index is 0.236. The molecule has 8 heteroatoms. The number of rotatable bonds is 7. The van der Waals surface area contributed by atoms with Gasteiger partial charge in [0.1, 0.15) is 11.6 Å². The number of aromatic nitrogens is 4. The Morgan fingerprint density at radius 2 is 1.71 bits per heavy atom. The van der Waals surface area contributed by atoms with Crippen LogP contribution in [0, 0.1) is 5.82 Å². The summed E-state index contributed by atoms with van der Waals surface area (Å²) in [6, 6.07) is 15.4. The van der Waals surface area contributed by atoms with Gasteiger partial charge in [0.15, 0.2) is 0 Å². The van der Waals surface area contributed by atoms with Gasteiger partial charge >= 0.3 is 0 Å². The lowest BCUT2D eigenvalue weighted by atomic mass is 9.91. The Kier molecular flexibility index (Phi) is 6.40. The van der Waals surface area contributed by atoms with Crippen LogP contribution < -0.4 is 15.5 Å². The van der Waals surface area contributed by atoms with Crippen LogP contribution in [-0.2, 0) is 6.54 Å². The Labute approximate surface area is 198 Å². The van der Waals surface area contributed by atoms with Crippen LogP contribution in [0.25, 0.3) is 22.2 Å². The largest absolute Gasteiger partial charge is 0.362 e. The molecule has 1 aliphatic rings. The summed E-state index contributed by atoms with van der Waals surface area (Å²) in [6.45, 7) is 0.728. The molecule has 34 heavy (non-hydrogen) atoms. The molecular formula is C26H30FN7. The summed E-state index contributed by atoms with van der Waals surface area (Å²) >= 11 is 0. The molecule has 0 aliphatic heterocycles. The molecule has 0 radical (unpaired) electrons. The third-order valence-corrected chi connectivity index (χ3v) is 6.50. The molecule has 0 spiro atoms. The number of para-hydroxylation sites is 1. The van der Waals surface area contributed by atoms with Crippen molar-refractivity contribution >= 4 is 22.7 Å². The normalized spacial score (nSPS) is 18.2. The fourth-order valence-electron chi connectivity index (χ4n) is 4.66. The zero-order valence-electron chi connectivity index (χ0n) is 19.6. The first kappa shape index (κ1) is 22.3. The van der Waals surface area contributed by atoms with Crippen molar-refractivity contribution in [3.05, 3.63) is 66.1 Å². The second-order valence-corrected chi connectivity index (χ2v) is 9.13. The number of benzene rings is 2. The first-order valence-electron chi connectivity index (χ1n) is 11.8. The van der Waals surface area contributed by atoms with Gasteiger partial charge in [-0.1, -0.05) is 12.1 Å². The van der Waals surface area contributed by atoms with Gasteiger partial charge in [-0.15, -0.1) is 0 Å². The Morgan fingerprint density at radius 3 is 2.47 bits per heavy atom. The Balaban J connectivity index is 1.17. The van der Waals surface area contributed by atoms with E-state index >= 15 is 0 Å². The topological polar surface area (TPSA) is 81.8 Å². The highest BCUT2D eigenvalue weighted by molar-refractivity contribution is 5.90. The first-order valence-corrected chi connectivity index (χ1v) is 11.8. The molecule has 0 unspecified atom stereocenters. The lowest BCUT2D eigenvalue weighted by Gasteiger charge is -2.30. The van der Waals surface area contributed by atoms with E-state index in [0.717, 1.165) is 65.8 Å². The summed E-state index contributed by atoms with van der Waals surface area (Å²) < 4.78 is 13.3. The molecule has 1 aliphatic carbocycles. The Hall–Kier alpha value is -3.52. The molecule has 0 saturated heterocycles. The zero-order chi connectivity index (χ0) is 23.5. The highest BCUT2D eigenvalue weighted by Crippen LogP contribution is 2.27. The number of hydrogen-bond donors (Lipinski definition) is 3. The molecule has 0 amide bonds. The average Bonchev–Trinajstić information content (AvgIpc) is 3.32. The summed E-state index contributed by atoms with van der Waals surface area (Å²) in [7, 11) is 4.02. The second kappa shape index (κ2) is 9.77. The van der Waals surface area contributed by atoms with Gasteiger partial charge in [-0.05, 0) is 62.1 Å². The molecule has 2 heterocycles. The predicted molar refractivity (Wildman–Crippen MR) is 134 cm³/mol. The number of H-pyrrole nitrogens is 1. The van der Waals surface area contributed by atoms with E-state index in [1.54, 1.807) is 12.1 Å². The quantitative estimate of drug-likeness (QED) is 0.370. The third kappa shape index (κ3) is 4.87. The van der Waals surface area contributed by atoms with E-state index in [-0.39, 0.29) is 5.82 Å². The molecule has 1 fully saturated rings. The molecule has 3 N–H and O–H groups in total. The highest BCUT2D eigenvalue weighted by Gasteiger charge is 2.22. The van der Waals surface area contributed by atoms with Crippen LogP contribution in [0.3, 0.4) is 0 Å². The highest BCUT2D eigenvalue weighted by atomic mass is 19.1. The van der Waals surface area contributed by atoms with E-state index in [2.05, 4.69) is 26.9 Å². The van der Waals surface area contributed by atoms with E-state index in [1.807, 2.05) is 43.4 Å². The van der Waals surface area contributed by atoms with Gasteiger partial charge in [-0.3, -0.25) is 5.10 Å². The summed E-state index contributed by atoms with van der Waals surface area (Å²) in [5, 5.41) is 15.6. The monoisotopic (exact) mass is 459 g/mol. The lowest BCUT2D eigenvalue weighted by Crippen LogP contribution is -2.37. The summed E-state index contributed by atoms with van der Waals surface area (Å²) in [5.41, 5.74) is 3.92. The number of nitrogens with one attached hydrogen (secondary N) is 3. The lowest BCUT2D eigenvalue weighted by molar-refractivity contribution is 0.352. The van der Waals surface area contributed by atoms with E-state index < -0.39 is 0 Å². The van der Waals surface area contributed by atoms with E-state index in [1.165, 1.54) is 12.1 Å². The van der Waals surface area contributed by atoms with E-state index in [9.17, 15) is 4.39 Å². The van der Waals surface area contributed by atoms with Crippen LogP contribution in [0.15, 0.2) is 54.7 Å². The molecule has 1 saturated carbocycles. The van der Waals surface area contributed by atoms with Crippen LogP contribution >= 0.6 is 0 Å². The van der Waals surface area contributed by atoms with Gasteiger partial charge in [-0.2, -0.15) is 10.1 Å². The van der Waals surface area contributed by atoms with E-state index in [4.69, 9.17) is 9.97 Å². The molecule has 176 valence electrons. The molecule has 4 aromatic rings. The van der Waals surface area contributed by atoms with Crippen LogP contribution in [0.4, 0.5) is 16.2 Å². The van der Waals surface area contributed by atoms with Crippen molar-refractivity contribution in [3.63, 3.8) is 0 Å². The minimum atomic E-state index is -0.236. The zero-order valence-corrected chi connectivity index (χ0v) is 19.6. The van der Waals surface area contributed by atoms with Crippen LogP contribution in [-0.4, -0.2) is 46.3 Å². The number of aromatic amines is 1. The van der Waals surface area contributed by atoms with Gasteiger partial charge in [0.25, 0.3) is 0 Å². The molecule has 5 rings (SSSR count). The van der Waals surface area contributed by atoms with Gasteiger partial charge in [0.05, 0.1) is 17.4 Å². The summed E-state index contributed by atoms with van der Waals surface area (Å²) in [5.74, 6) is 1.39. The van der Waals surface area contributed by atoms with Crippen molar-refractivity contribution in [3.8, 4) is 11.3 Å².